The van der Waals surface area contributed by atoms with E-state index in [1.807, 2.05) is 0 Å². The molecule has 3 N–H and O–H groups in total. The molecule has 0 aromatic heterocycles. The highest BCUT2D eigenvalue weighted by molar-refractivity contribution is 7.92. The van der Waals surface area contributed by atoms with Gasteiger partial charge in [-0.05, 0) is 31.2 Å². The number of carbonyl (C=O) groups excluding carboxylic acids is 1. The van der Waals surface area contributed by atoms with Crippen molar-refractivity contribution in [2.24, 2.45) is 0 Å². The molecule has 116 valence electrons. The summed E-state index contributed by atoms with van der Waals surface area (Å²) in [6.45, 7) is 0.593. The molecule has 0 aliphatic carbocycles. The molecule has 0 aliphatic heterocycles. The maximum atomic E-state index is 11.4. The molecule has 0 fully saturated rings. The molecule has 1 rings (SSSR count). The van der Waals surface area contributed by atoms with Crippen LogP contribution in [0.25, 0.3) is 0 Å². The molecule has 0 atom stereocenters. The van der Waals surface area contributed by atoms with E-state index in [1.165, 1.54) is 31.2 Å². The minimum Gasteiger partial charge on any atom is -0.480 e. The summed E-state index contributed by atoms with van der Waals surface area (Å²) in [6.07, 6.45) is 0. The van der Waals surface area contributed by atoms with E-state index in [2.05, 4.69) is 14.8 Å². The van der Waals surface area contributed by atoms with Gasteiger partial charge in [0, 0.05) is 11.4 Å². The molecular weight excluding hydrogens is 300 g/mol. The molecule has 0 bridgehead atoms. The van der Waals surface area contributed by atoms with E-state index in [4.69, 9.17) is 5.11 Å². The molecule has 0 saturated heterocycles. The molecule has 9 heteroatoms. The second-order valence-corrected chi connectivity index (χ2v) is 6.03. The normalized spacial score (nSPS) is 10.9. The number of amides is 1. The summed E-state index contributed by atoms with van der Waals surface area (Å²) in [6, 6.07) is 6.03. The number of anilines is 2. The average Bonchev–Trinajstić information content (AvgIpc) is 2.40. The lowest BCUT2D eigenvalue weighted by atomic mass is 10.3. The van der Waals surface area contributed by atoms with Crippen LogP contribution >= 0.6 is 0 Å². The average molecular weight is 316 g/mol. The van der Waals surface area contributed by atoms with Gasteiger partial charge in [0.05, 0.1) is 5.75 Å². The fourth-order valence-electron chi connectivity index (χ4n) is 1.30. The Bertz CT molecular complexity index is 597. The van der Waals surface area contributed by atoms with Gasteiger partial charge in [0.25, 0.3) is 0 Å². The standard InChI is InChI=1S/C12H16N2O6S/c1-2-21(18,19)14-10-5-3-9(4-6-10)13-11(15)7-20-8-12(16)17/h3-6,14H,2,7-8H2,1H3,(H,13,15)(H,16,17). The molecule has 0 spiro atoms. The molecule has 0 saturated carbocycles. The van der Waals surface area contributed by atoms with Crippen molar-refractivity contribution >= 4 is 33.3 Å². The van der Waals surface area contributed by atoms with Crippen LogP contribution in [0, 0.1) is 0 Å². The van der Waals surface area contributed by atoms with Crippen LogP contribution in [0.5, 0.6) is 0 Å². The lowest BCUT2D eigenvalue weighted by molar-refractivity contribution is -0.143. The lowest BCUT2D eigenvalue weighted by Crippen LogP contribution is -2.20. The minimum absolute atomic E-state index is 0.0353. The largest absolute Gasteiger partial charge is 0.480 e. The van der Waals surface area contributed by atoms with Gasteiger partial charge in [-0.15, -0.1) is 0 Å². The number of nitrogens with one attached hydrogen (secondary N) is 2. The van der Waals surface area contributed by atoms with Crippen LogP contribution in [0.2, 0.25) is 0 Å². The molecule has 1 aromatic carbocycles. The maximum absolute atomic E-state index is 11.4. The molecule has 1 amide bonds. The summed E-state index contributed by atoms with van der Waals surface area (Å²) in [4.78, 5) is 21.6. The summed E-state index contributed by atoms with van der Waals surface area (Å²) in [7, 11) is -3.34. The van der Waals surface area contributed by atoms with Crippen molar-refractivity contribution in [3.05, 3.63) is 24.3 Å². The van der Waals surface area contributed by atoms with Crippen LogP contribution < -0.4 is 10.0 Å². The number of sulfonamides is 1. The van der Waals surface area contributed by atoms with Crippen LogP contribution in [0.1, 0.15) is 6.92 Å². The topological polar surface area (TPSA) is 122 Å². The molecule has 0 aliphatic rings. The third-order valence-electron chi connectivity index (χ3n) is 2.28. The van der Waals surface area contributed by atoms with Crippen LogP contribution in [0.3, 0.4) is 0 Å². The van der Waals surface area contributed by atoms with E-state index in [-0.39, 0.29) is 12.4 Å². The van der Waals surface area contributed by atoms with Gasteiger partial charge in [-0.3, -0.25) is 9.52 Å². The summed E-state index contributed by atoms with van der Waals surface area (Å²) < 4.78 is 29.7. The first-order chi connectivity index (χ1) is 9.82. The summed E-state index contributed by atoms with van der Waals surface area (Å²) >= 11 is 0. The van der Waals surface area contributed by atoms with Crippen LogP contribution in [-0.2, 0) is 24.3 Å². The Morgan fingerprint density at radius 3 is 2.24 bits per heavy atom. The number of hydrogen-bond acceptors (Lipinski definition) is 5. The number of rotatable bonds is 8. The Morgan fingerprint density at radius 2 is 1.71 bits per heavy atom. The van der Waals surface area contributed by atoms with E-state index in [0.29, 0.717) is 11.4 Å². The number of aliphatic carboxylic acids is 1. The van der Waals surface area contributed by atoms with E-state index >= 15 is 0 Å². The zero-order valence-electron chi connectivity index (χ0n) is 11.3. The number of benzene rings is 1. The van der Waals surface area contributed by atoms with Crippen molar-refractivity contribution in [1.82, 2.24) is 0 Å². The molecule has 0 radical (unpaired) electrons. The monoisotopic (exact) mass is 316 g/mol. The van der Waals surface area contributed by atoms with Crippen molar-refractivity contribution < 1.29 is 27.9 Å². The molecule has 21 heavy (non-hydrogen) atoms. The van der Waals surface area contributed by atoms with Crippen molar-refractivity contribution in [3.63, 3.8) is 0 Å². The number of hydrogen-bond donors (Lipinski definition) is 3. The smallest absolute Gasteiger partial charge is 0.329 e. The fourth-order valence-corrected chi connectivity index (χ4v) is 1.94. The summed E-state index contributed by atoms with van der Waals surface area (Å²) in [5, 5.41) is 10.8. The first-order valence-electron chi connectivity index (χ1n) is 6.02. The van der Waals surface area contributed by atoms with Gasteiger partial charge in [-0.25, -0.2) is 13.2 Å². The van der Waals surface area contributed by atoms with E-state index in [1.54, 1.807) is 0 Å². The number of ether oxygens (including phenoxy) is 1. The molecule has 8 nitrogen and oxygen atoms in total. The second-order valence-electron chi connectivity index (χ2n) is 4.02. The molecule has 0 unspecified atom stereocenters. The second kappa shape index (κ2) is 7.60. The summed E-state index contributed by atoms with van der Waals surface area (Å²) in [5.74, 6) is -1.69. The van der Waals surface area contributed by atoms with Gasteiger partial charge in [-0.1, -0.05) is 0 Å². The summed E-state index contributed by atoms with van der Waals surface area (Å²) in [5.41, 5.74) is 0.829. The number of carboxylic acid groups (broad SMARTS) is 1. The minimum atomic E-state index is -3.34. The SMILES string of the molecule is CCS(=O)(=O)Nc1ccc(NC(=O)COCC(=O)O)cc1. The van der Waals surface area contributed by atoms with Crippen molar-refractivity contribution in [2.75, 3.05) is 29.0 Å². The predicted molar refractivity (Wildman–Crippen MR) is 76.6 cm³/mol. The highest BCUT2D eigenvalue weighted by atomic mass is 32.2. The van der Waals surface area contributed by atoms with Gasteiger partial charge in [0.2, 0.25) is 15.9 Å². The van der Waals surface area contributed by atoms with E-state index in [9.17, 15) is 18.0 Å². The van der Waals surface area contributed by atoms with Gasteiger partial charge in [0.15, 0.2) is 0 Å². The van der Waals surface area contributed by atoms with E-state index in [0.717, 1.165) is 0 Å². The number of carbonyl (C=O) groups is 2. The zero-order valence-corrected chi connectivity index (χ0v) is 12.1. The van der Waals surface area contributed by atoms with Crippen molar-refractivity contribution in [2.45, 2.75) is 6.92 Å². The van der Waals surface area contributed by atoms with E-state index < -0.39 is 28.5 Å². The Kier molecular flexibility index (Phi) is 6.12. The Labute approximate surface area is 122 Å². The highest BCUT2D eigenvalue weighted by Crippen LogP contribution is 2.14. The van der Waals surface area contributed by atoms with Crippen LogP contribution in [0.15, 0.2) is 24.3 Å². The van der Waals surface area contributed by atoms with Gasteiger partial charge in [-0.2, -0.15) is 0 Å². The Morgan fingerprint density at radius 1 is 1.14 bits per heavy atom. The molecule has 1 aromatic rings. The van der Waals surface area contributed by atoms with Gasteiger partial charge < -0.3 is 15.2 Å². The first kappa shape index (κ1) is 16.9. The molecular formula is C12H16N2O6S. The third kappa shape index (κ3) is 6.72. The van der Waals surface area contributed by atoms with Gasteiger partial charge >= 0.3 is 5.97 Å². The van der Waals surface area contributed by atoms with Crippen LogP contribution in [0.4, 0.5) is 11.4 Å². The highest BCUT2D eigenvalue weighted by Gasteiger charge is 2.07. The predicted octanol–water partition coefficient (Wildman–Crippen LogP) is 0.488. The fraction of sp³-hybridized carbons (Fsp3) is 0.333. The maximum Gasteiger partial charge on any atom is 0.329 e. The molecule has 0 heterocycles. The van der Waals surface area contributed by atoms with Crippen molar-refractivity contribution in [1.29, 1.82) is 0 Å². The lowest BCUT2D eigenvalue weighted by Gasteiger charge is -2.08. The third-order valence-corrected chi connectivity index (χ3v) is 3.59. The number of carboxylic acids is 1. The van der Waals surface area contributed by atoms with Crippen LogP contribution in [-0.4, -0.2) is 44.4 Å². The Balaban J connectivity index is 2.51. The van der Waals surface area contributed by atoms with Crippen molar-refractivity contribution in [3.8, 4) is 0 Å². The first-order valence-corrected chi connectivity index (χ1v) is 7.67. The Hall–Kier alpha value is -2.13. The quantitative estimate of drug-likeness (QED) is 0.641. The van der Waals surface area contributed by atoms with Gasteiger partial charge in [0.1, 0.15) is 13.2 Å². The zero-order chi connectivity index (χ0) is 15.9.